The number of nitrogens with zero attached hydrogens (tertiary/aromatic N) is 1. The van der Waals surface area contributed by atoms with E-state index in [4.69, 9.17) is 5.11 Å². The predicted molar refractivity (Wildman–Crippen MR) is 39.4 cm³/mol. The molecule has 0 atom stereocenters. The van der Waals surface area contributed by atoms with Gasteiger partial charge in [0.1, 0.15) is 0 Å². The largest absolute Gasteiger partial charge is 0.503 e. The van der Waals surface area contributed by atoms with Gasteiger partial charge >= 0.3 is 5.69 Å². The molecule has 0 spiro atoms. The van der Waals surface area contributed by atoms with Crippen molar-refractivity contribution in [2.45, 2.75) is 6.92 Å². The lowest BCUT2D eigenvalue weighted by Crippen LogP contribution is -2.02. The van der Waals surface area contributed by atoms with Gasteiger partial charge in [-0.1, -0.05) is 0 Å². The summed E-state index contributed by atoms with van der Waals surface area (Å²) in [5, 5.41) is 18.9. The third-order valence-electron chi connectivity index (χ3n) is 1.68. The molecule has 0 aromatic heterocycles. The molecular weight excluding hydrogens is 203 g/mol. The zero-order valence-electron chi connectivity index (χ0n) is 6.84. The summed E-state index contributed by atoms with van der Waals surface area (Å²) in [6.45, 7) is 0.871. The number of rotatable bonds is 1. The van der Waals surface area contributed by atoms with Crippen molar-refractivity contribution in [1.82, 2.24) is 0 Å². The van der Waals surface area contributed by atoms with Gasteiger partial charge in [-0.3, -0.25) is 10.1 Å². The first kappa shape index (κ1) is 10.3. The number of halogens is 3. The zero-order chi connectivity index (χ0) is 11.0. The molecule has 0 bridgehead atoms. The molecule has 0 heterocycles. The second-order valence-electron chi connectivity index (χ2n) is 2.52. The summed E-state index contributed by atoms with van der Waals surface area (Å²) in [4.78, 5) is 8.96. The Balaban J connectivity index is 3.68. The van der Waals surface area contributed by atoms with E-state index in [1.165, 1.54) is 0 Å². The standard InChI is InChI=1S/C7H4F3NO3/c1-2-3(8)7(12)5(10)4(9)6(2)11(13)14/h12H,1H3. The van der Waals surface area contributed by atoms with Crippen LogP contribution in [0.25, 0.3) is 0 Å². The van der Waals surface area contributed by atoms with E-state index in [1.807, 2.05) is 0 Å². The van der Waals surface area contributed by atoms with Crippen LogP contribution in [-0.2, 0) is 0 Å². The molecule has 1 N–H and O–H groups in total. The van der Waals surface area contributed by atoms with Crippen LogP contribution in [0.2, 0.25) is 0 Å². The van der Waals surface area contributed by atoms with Crippen LogP contribution in [0.5, 0.6) is 5.75 Å². The number of hydrogen-bond acceptors (Lipinski definition) is 3. The van der Waals surface area contributed by atoms with Gasteiger partial charge in [0.05, 0.1) is 10.5 Å². The van der Waals surface area contributed by atoms with Gasteiger partial charge in [-0.2, -0.15) is 8.78 Å². The Labute approximate surface area is 75.7 Å². The van der Waals surface area contributed by atoms with Crippen LogP contribution in [0.15, 0.2) is 0 Å². The molecule has 1 aromatic carbocycles. The average Bonchev–Trinajstić information content (AvgIpc) is 2.11. The predicted octanol–water partition coefficient (Wildman–Crippen LogP) is 2.03. The number of phenolic OH excluding ortho intramolecular Hbond substituents is 1. The van der Waals surface area contributed by atoms with E-state index in [9.17, 15) is 23.3 Å². The summed E-state index contributed by atoms with van der Waals surface area (Å²) in [7, 11) is 0. The second kappa shape index (κ2) is 3.17. The topological polar surface area (TPSA) is 63.4 Å². The molecule has 1 rings (SSSR count). The lowest BCUT2D eigenvalue weighted by atomic mass is 10.1. The van der Waals surface area contributed by atoms with Gasteiger partial charge in [-0.25, -0.2) is 4.39 Å². The molecule has 0 amide bonds. The van der Waals surface area contributed by atoms with Gasteiger partial charge in [0.25, 0.3) is 0 Å². The van der Waals surface area contributed by atoms with Crippen molar-refractivity contribution in [3.05, 3.63) is 33.1 Å². The monoisotopic (exact) mass is 207 g/mol. The number of aromatic hydroxyl groups is 1. The highest BCUT2D eigenvalue weighted by molar-refractivity contribution is 5.47. The average molecular weight is 207 g/mol. The van der Waals surface area contributed by atoms with Crippen LogP contribution in [-0.4, -0.2) is 10.0 Å². The van der Waals surface area contributed by atoms with Crippen molar-refractivity contribution in [1.29, 1.82) is 0 Å². The summed E-state index contributed by atoms with van der Waals surface area (Å²) in [5.74, 6) is -6.91. The minimum Gasteiger partial charge on any atom is -0.503 e. The van der Waals surface area contributed by atoms with Crippen molar-refractivity contribution in [2.24, 2.45) is 0 Å². The molecular formula is C7H4F3NO3. The first-order chi connectivity index (χ1) is 6.37. The Hall–Kier alpha value is -1.79. The van der Waals surface area contributed by atoms with Crippen LogP contribution in [0.1, 0.15) is 5.56 Å². The number of nitro groups is 1. The van der Waals surface area contributed by atoms with Crippen LogP contribution >= 0.6 is 0 Å². The third kappa shape index (κ3) is 1.26. The summed E-state index contributed by atoms with van der Waals surface area (Å²) >= 11 is 0. The zero-order valence-corrected chi connectivity index (χ0v) is 6.84. The fourth-order valence-electron chi connectivity index (χ4n) is 0.968. The third-order valence-corrected chi connectivity index (χ3v) is 1.68. The fraction of sp³-hybridized carbons (Fsp3) is 0.143. The van der Waals surface area contributed by atoms with E-state index in [0.717, 1.165) is 6.92 Å². The van der Waals surface area contributed by atoms with Crippen LogP contribution in [0.4, 0.5) is 18.9 Å². The van der Waals surface area contributed by atoms with Gasteiger partial charge < -0.3 is 5.11 Å². The van der Waals surface area contributed by atoms with Crippen LogP contribution < -0.4 is 0 Å². The highest BCUT2D eigenvalue weighted by atomic mass is 19.2. The Morgan fingerprint density at radius 1 is 1.21 bits per heavy atom. The lowest BCUT2D eigenvalue weighted by molar-refractivity contribution is -0.388. The highest BCUT2D eigenvalue weighted by Crippen LogP contribution is 2.33. The van der Waals surface area contributed by atoms with Crippen molar-refractivity contribution >= 4 is 5.69 Å². The Morgan fingerprint density at radius 2 is 1.71 bits per heavy atom. The maximum absolute atomic E-state index is 12.8. The van der Waals surface area contributed by atoms with E-state index in [2.05, 4.69) is 0 Å². The van der Waals surface area contributed by atoms with E-state index < -0.39 is 39.4 Å². The van der Waals surface area contributed by atoms with Crippen LogP contribution in [0.3, 0.4) is 0 Å². The minimum atomic E-state index is -1.96. The Kier molecular flexibility index (Phi) is 2.33. The van der Waals surface area contributed by atoms with Gasteiger partial charge in [-0.05, 0) is 6.92 Å². The quantitative estimate of drug-likeness (QED) is 0.435. The highest BCUT2D eigenvalue weighted by Gasteiger charge is 2.29. The number of nitro benzene ring substituents is 1. The molecule has 0 fully saturated rings. The van der Waals surface area contributed by atoms with E-state index in [0.29, 0.717) is 0 Å². The van der Waals surface area contributed by atoms with E-state index >= 15 is 0 Å². The first-order valence-electron chi connectivity index (χ1n) is 3.38. The molecule has 76 valence electrons. The second-order valence-corrected chi connectivity index (χ2v) is 2.52. The first-order valence-corrected chi connectivity index (χ1v) is 3.38. The summed E-state index contributed by atoms with van der Waals surface area (Å²) in [6, 6.07) is 0. The molecule has 4 nitrogen and oxygen atoms in total. The molecule has 0 saturated carbocycles. The van der Waals surface area contributed by atoms with Gasteiger partial charge in [-0.15, -0.1) is 0 Å². The molecule has 0 unspecified atom stereocenters. The molecule has 7 heteroatoms. The molecule has 0 aliphatic heterocycles. The normalized spacial score (nSPS) is 10.3. The SMILES string of the molecule is Cc1c(F)c(O)c(F)c(F)c1[N+](=O)[O-]. The molecule has 0 aliphatic carbocycles. The molecule has 14 heavy (non-hydrogen) atoms. The van der Waals surface area contributed by atoms with Crippen LogP contribution in [0, 0.1) is 34.5 Å². The van der Waals surface area contributed by atoms with Crippen molar-refractivity contribution in [2.75, 3.05) is 0 Å². The molecule has 0 saturated heterocycles. The van der Waals surface area contributed by atoms with E-state index in [1.54, 1.807) is 0 Å². The summed E-state index contributed by atoms with van der Waals surface area (Å²) < 4.78 is 38.3. The number of hydrogen-bond donors (Lipinski definition) is 1. The number of benzene rings is 1. The van der Waals surface area contributed by atoms with Crippen molar-refractivity contribution in [3.8, 4) is 5.75 Å². The number of phenols is 1. The molecule has 0 aliphatic rings. The lowest BCUT2D eigenvalue weighted by Gasteiger charge is -2.03. The van der Waals surface area contributed by atoms with Crippen molar-refractivity contribution < 1.29 is 23.2 Å². The van der Waals surface area contributed by atoms with Gasteiger partial charge in [0.2, 0.25) is 11.6 Å². The maximum atomic E-state index is 12.8. The van der Waals surface area contributed by atoms with E-state index in [-0.39, 0.29) is 0 Å². The molecule has 1 aromatic rings. The summed E-state index contributed by atoms with van der Waals surface area (Å²) in [6.07, 6.45) is 0. The Morgan fingerprint density at radius 3 is 2.14 bits per heavy atom. The fourth-order valence-corrected chi connectivity index (χ4v) is 0.968. The van der Waals surface area contributed by atoms with Crippen molar-refractivity contribution in [3.63, 3.8) is 0 Å². The smallest absolute Gasteiger partial charge is 0.313 e. The maximum Gasteiger partial charge on any atom is 0.313 e. The van der Waals surface area contributed by atoms with Gasteiger partial charge in [0, 0.05) is 0 Å². The summed E-state index contributed by atoms with van der Waals surface area (Å²) in [5.41, 5.74) is -2.05. The molecule has 0 radical (unpaired) electrons. The Bertz CT molecular complexity index is 390. The van der Waals surface area contributed by atoms with Gasteiger partial charge in [0.15, 0.2) is 11.6 Å². The minimum absolute atomic E-state index is 0.744.